The third-order valence-corrected chi connectivity index (χ3v) is 1.79. The first-order valence-electron chi connectivity index (χ1n) is 4.91. The van der Waals surface area contributed by atoms with Crippen LogP contribution in [0.4, 0.5) is 4.79 Å². The van der Waals surface area contributed by atoms with Crippen LogP contribution in [0.5, 0.6) is 0 Å². The maximum absolute atomic E-state index is 11.2. The van der Waals surface area contributed by atoms with E-state index in [1.165, 1.54) is 13.8 Å². The summed E-state index contributed by atoms with van der Waals surface area (Å²) in [4.78, 5) is 33.4. The molecule has 2 unspecified atom stereocenters. The molecule has 7 heteroatoms. The molecule has 0 saturated carbocycles. The zero-order valence-corrected chi connectivity index (χ0v) is 9.93. The summed E-state index contributed by atoms with van der Waals surface area (Å²) in [5.41, 5.74) is 0.200. The first-order valence-corrected chi connectivity index (χ1v) is 4.91. The monoisotopic (exact) mass is 256 g/mol. The van der Waals surface area contributed by atoms with E-state index in [4.69, 9.17) is 9.47 Å². The van der Waals surface area contributed by atoms with Gasteiger partial charge in [-0.3, -0.25) is 0 Å². The summed E-state index contributed by atoms with van der Waals surface area (Å²) >= 11 is 0. The molecule has 18 heavy (non-hydrogen) atoms. The van der Waals surface area contributed by atoms with Crippen molar-refractivity contribution >= 4 is 18.1 Å². The van der Waals surface area contributed by atoms with E-state index in [0.717, 1.165) is 0 Å². The lowest BCUT2D eigenvalue weighted by Gasteiger charge is -2.15. The molecule has 0 aromatic heterocycles. The lowest BCUT2D eigenvalue weighted by Crippen LogP contribution is -2.32. The van der Waals surface area contributed by atoms with Crippen LogP contribution in [0.3, 0.4) is 0 Å². The van der Waals surface area contributed by atoms with Gasteiger partial charge in [0.1, 0.15) is 0 Å². The molecule has 7 nitrogen and oxygen atoms in total. The summed E-state index contributed by atoms with van der Waals surface area (Å²) in [5, 5.41) is 0. The number of ether oxygens (including phenoxy) is 4. The molecule has 0 N–H and O–H groups in total. The topological polar surface area (TPSA) is 88.1 Å². The number of rotatable bonds is 4. The standard InChI is InChI=1S/C11H12O7/c1-5(2)7(12)15-9-10(18-11(14)17-9)16-8(13)6(3)4/h9-10H,1,3H2,2,4H3. The molecule has 1 aliphatic heterocycles. The Bertz CT molecular complexity index is 385. The van der Waals surface area contributed by atoms with Gasteiger partial charge in [-0.1, -0.05) is 13.2 Å². The Labute approximate surface area is 103 Å². The normalized spacial score (nSPS) is 21.6. The number of cyclic esters (lactones) is 2. The maximum Gasteiger partial charge on any atom is 0.515 e. The molecule has 1 fully saturated rings. The molecule has 0 aromatic rings. The van der Waals surface area contributed by atoms with Crippen molar-refractivity contribution in [2.24, 2.45) is 0 Å². The van der Waals surface area contributed by atoms with Gasteiger partial charge in [0.25, 0.3) is 0 Å². The number of carbonyl (C=O) groups is 3. The van der Waals surface area contributed by atoms with Crippen LogP contribution in [-0.2, 0) is 28.5 Å². The molecular formula is C11H12O7. The SMILES string of the molecule is C=C(C)C(=O)OC1OC(=O)OC1OC(=O)C(=C)C. The molecule has 1 aliphatic rings. The fraction of sp³-hybridized carbons (Fsp3) is 0.364. The molecule has 0 aliphatic carbocycles. The van der Waals surface area contributed by atoms with Gasteiger partial charge in [0.05, 0.1) is 0 Å². The smallest absolute Gasteiger partial charge is 0.414 e. The average Bonchev–Trinajstić information content (AvgIpc) is 2.58. The zero-order valence-electron chi connectivity index (χ0n) is 9.93. The van der Waals surface area contributed by atoms with Crippen molar-refractivity contribution in [3.63, 3.8) is 0 Å². The fourth-order valence-electron chi connectivity index (χ4n) is 0.900. The third-order valence-electron chi connectivity index (χ3n) is 1.79. The predicted octanol–water partition coefficient (Wildman–Crippen LogP) is 1.04. The summed E-state index contributed by atoms with van der Waals surface area (Å²) in [7, 11) is 0. The maximum atomic E-state index is 11.2. The third kappa shape index (κ3) is 3.34. The molecule has 0 bridgehead atoms. The Balaban J connectivity index is 2.67. The minimum atomic E-state index is -1.45. The van der Waals surface area contributed by atoms with Gasteiger partial charge < -0.3 is 18.9 Å². The van der Waals surface area contributed by atoms with E-state index in [0.29, 0.717) is 0 Å². The van der Waals surface area contributed by atoms with Crippen LogP contribution in [0.15, 0.2) is 24.3 Å². The van der Waals surface area contributed by atoms with Gasteiger partial charge in [-0.25, -0.2) is 14.4 Å². The number of esters is 2. The highest BCUT2D eigenvalue weighted by molar-refractivity contribution is 5.88. The van der Waals surface area contributed by atoms with Gasteiger partial charge in [0, 0.05) is 11.1 Å². The number of carbonyl (C=O) groups excluding carboxylic acids is 3. The van der Waals surface area contributed by atoms with E-state index in [1.807, 2.05) is 0 Å². The first-order chi connectivity index (χ1) is 8.31. The molecule has 1 rings (SSSR count). The van der Waals surface area contributed by atoms with Gasteiger partial charge in [0.2, 0.25) is 0 Å². The highest BCUT2D eigenvalue weighted by Crippen LogP contribution is 2.19. The van der Waals surface area contributed by atoms with Gasteiger partial charge in [-0.15, -0.1) is 0 Å². The van der Waals surface area contributed by atoms with E-state index in [-0.39, 0.29) is 11.1 Å². The molecule has 0 aromatic carbocycles. The molecule has 1 saturated heterocycles. The van der Waals surface area contributed by atoms with Gasteiger partial charge in [0.15, 0.2) is 0 Å². The molecule has 1 heterocycles. The Morgan fingerprint density at radius 1 is 1.00 bits per heavy atom. The average molecular weight is 256 g/mol. The van der Waals surface area contributed by atoms with E-state index >= 15 is 0 Å². The highest BCUT2D eigenvalue weighted by atomic mass is 16.9. The van der Waals surface area contributed by atoms with E-state index < -0.39 is 30.7 Å². The van der Waals surface area contributed by atoms with E-state index in [1.54, 1.807) is 0 Å². The predicted molar refractivity (Wildman–Crippen MR) is 57.0 cm³/mol. The largest absolute Gasteiger partial charge is 0.515 e. The van der Waals surface area contributed by atoms with Crippen molar-refractivity contribution in [3.8, 4) is 0 Å². The zero-order chi connectivity index (χ0) is 13.9. The van der Waals surface area contributed by atoms with Crippen LogP contribution in [0.1, 0.15) is 13.8 Å². The van der Waals surface area contributed by atoms with Gasteiger partial charge in [-0.05, 0) is 13.8 Å². The molecule has 0 radical (unpaired) electrons. The lowest BCUT2D eigenvalue weighted by molar-refractivity contribution is -0.200. The van der Waals surface area contributed by atoms with E-state index in [2.05, 4.69) is 22.6 Å². The Morgan fingerprint density at radius 3 is 1.61 bits per heavy atom. The summed E-state index contributed by atoms with van der Waals surface area (Å²) in [6, 6.07) is 0. The first kappa shape index (κ1) is 13.8. The van der Waals surface area contributed by atoms with Crippen LogP contribution < -0.4 is 0 Å². The Hall–Kier alpha value is -2.31. The highest BCUT2D eigenvalue weighted by Gasteiger charge is 2.42. The second kappa shape index (κ2) is 5.35. The van der Waals surface area contributed by atoms with Crippen molar-refractivity contribution in [1.29, 1.82) is 0 Å². The molecule has 2 atom stereocenters. The summed E-state index contributed by atoms with van der Waals surface area (Å²) in [5.74, 6) is -1.59. The van der Waals surface area contributed by atoms with Crippen molar-refractivity contribution < 1.29 is 33.3 Å². The minimum absolute atomic E-state index is 0.0999. The van der Waals surface area contributed by atoms with Crippen LogP contribution in [-0.4, -0.2) is 30.7 Å². The van der Waals surface area contributed by atoms with Crippen molar-refractivity contribution in [3.05, 3.63) is 24.3 Å². The Morgan fingerprint density at radius 2 is 1.33 bits per heavy atom. The van der Waals surface area contributed by atoms with E-state index in [9.17, 15) is 14.4 Å². The van der Waals surface area contributed by atoms with Gasteiger partial charge >= 0.3 is 30.7 Å². The molecular weight excluding hydrogens is 244 g/mol. The van der Waals surface area contributed by atoms with Crippen molar-refractivity contribution in [1.82, 2.24) is 0 Å². The number of hydrogen-bond donors (Lipinski definition) is 0. The minimum Gasteiger partial charge on any atom is -0.414 e. The second-order valence-electron chi connectivity index (χ2n) is 3.59. The fourth-order valence-corrected chi connectivity index (χ4v) is 0.900. The Kier molecular flexibility index (Phi) is 4.09. The van der Waals surface area contributed by atoms with Crippen LogP contribution in [0.25, 0.3) is 0 Å². The quantitative estimate of drug-likeness (QED) is 0.548. The van der Waals surface area contributed by atoms with Crippen molar-refractivity contribution in [2.75, 3.05) is 0 Å². The summed E-state index contributed by atoms with van der Waals surface area (Å²) in [6.07, 6.45) is -4.01. The summed E-state index contributed by atoms with van der Waals surface area (Å²) in [6.45, 7) is 9.53. The molecule has 98 valence electrons. The van der Waals surface area contributed by atoms with Crippen molar-refractivity contribution in [2.45, 2.75) is 26.4 Å². The molecule has 0 amide bonds. The van der Waals surface area contributed by atoms with Gasteiger partial charge in [-0.2, -0.15) is 0 Å². The number of hydrogen-bond acceptors (Lipinski definition) is 7. The summed E-state index contributed by atoms with van der Waals surface area (Å²) < 4.78 is 18.5. The second-order valence-corrected chi connectivity index (χ2v) is 3.59. The van der Waals surface area contributed by atoms with Crippen LogP contribution in [0, 0.1) is 0 Å². The lowest BCUT2D eigenvalue weighted by atomic mass is 10.3. The molecule has 0 spiro atoms. The van der Waals surface area contributed by atoms with Crippen LogP contribution >= 0.6 is 0 Å². The van der Waals surface area contributed by atoms with Crippen LogP contribution in [0.2, 0.25) is 0 Å².